The van der Waals surface area contributed by atoms with Crippen molar-refractivity contribution in [3.63, 3.8) is 0 Å². The molecule has 2 aliphatic rings. The third-order valence-electron chi connectivity index (χ3n) is 6.91. The van der Waals surface area contributed by atoms with Crippen LogP contribution < -0.4 is 19.1 Å². The average Bonchev–Trinajstić information content (AvgIpc) is 3.59. The van der Waals surface area contributed by atoms with Crippen molar-refractivity contribution < 1.29 is 27.5 Å². The van der Waals surface area contributed by atoms with Crippen molar-refractivity contribution in [1.29, 1.82) is 0 Å². The number of hydrogen-bond acceptors (Lipinski definition) is 6. The largest absolute Gasteiger partial charge is 0.454 e. The van der Waals surface area contributed by atoms with E-state index in [0.29, 0.717) is 23.6 Å². The van der Waals surface area contributed by atoms with Crippen LogP contribution >= 0.6 is 0 Å². The molecule has 1 unspecified atom stereocenters. The van der Waals surface area contributed by atoms with Gasteiger partial charge in [0.25, 0.3) is 0 Å². The summed E-state index contributed by atoms with van der Waals surface area (Å²) in [4.78, 5) is 28.7. The molecule has 4 rings (SSSR count). The molecule has 2 amide bonds. The normalized spacial score (nSPS) is 15.8. The van der Waals surface area contributed by atoms with E-state index in [0.717, 1.165) is 35.6 Å². The molecule has 2 aromatic carbocycles. The molecule has 9 nitrogen and oxygen atoms in total. The zero-order valence-corrected chi connectivity index (χ0v) is 22.2. The average molecular weight is 530 g/mol. The number of nitrogens with one attached hydrogen (secondary N) is 1. The summed E-state index contributed by atoms with van der Waals surface area (Å²) in [5.74, 6) is 0.0971. The number of rotatable bonds is 11. The van der Waals surface area contributed by atoms with E-state index in [1.165, 1.54) is 11.8 Å². The van der Waals surface area contributed by atoms with Crippen LogP contribution in [0.2, 0.25) is 0 Å². The lowest BCUT2D eigenvalue weighted by molar-refractivity contribution is -0.140. The fourth-order valence-corrected chi connectivity index (χ4v) is 5.88. The monoisotopic (exact) mass is 529 g/mol. The molecule has 37 heavy (non-hydrogen) atoms. The van der Waals surface area contributed by atoms with Gasteiger partial charge >= 0.3 is 0 Å². The highest BCUT2D eigenvalue weighted by molar-refractivity contribution is 7.92. The van der Waals surface area contributed by atoms with Gasteiger partial charge in [0.2, 0.25) is 28.6 Å². The molecule has 0 bridgehead atoms. The predicted octanol–water partition coefficient (Wildman–Crippen LogP) is 3.44. The number of fused-ring (bicyclic) bond motifs is 1. The van der Waals surface area contributed by atoms with Crippen LogP contribution in [0.4, 0.5) is 5.69 Å². The zero-order valence-electron chi connectivity index (χ0n) is 21.4. The zero-order chi connectivity index (χ0) is 26.4. The van der Waals surface area contributed by atoms with Gasteiger partial charge in [-0.1, -0.05) is 50.1 Å². The van der Waals surface area contributed by atoms with Crippen molar-refractivity contribution in [2.24, 2.45) is 0 Å². The number of carbonyl (C=O) groups is 2. The maximum absolute atomic E-state index is 13.9. The van der Waals surface area contributed by atoms with Crippen molar-refractivity contribution in [3.05, 3.63) is 54.1 Å². The van der Waals surface area contributed by atoms with Gasteiger partial charge in [0.05, 0.1) is 11.4 Å². The Labute approximate surface area is 218 Å². The third kappa shape index (κ3) is 6.36. The second kappa shape index (κ2) is 11.9. The fraction of sp³-hybridized carbons (Fsp3) is 0.481. The van der Waals surface area contributed by atoms with Gasteiger partial charge in [0.15, 0.2) is 11.5 Å². The summed E-state index contributed by atoms with van der Waals surface area (Å²) in [6.45, 7) is 3.21. The molecule has 1 atom stereocenters. The van der Waals surface area contributed by atoms with Crippen LogP contribution in [-0.4, -0.2) is 56.3 Å². The first-order chi connectivity index (χ1) is 17.8. The number of hydrogen-bond donors (Lipinski definition) is 1. The number of nitrogens with zero attached hydrogens (tertiary/aromatic N) is 2. The number of amides is 2. The van der Waals surface area contributed by atoms with E-state index in [2.05, 4.69) is 5.32 Å². The van der Waals surface area contributed by atoms with Gasteiger partial charge in [-0.15, -0.1) is 0 Å². The predicted molar refractivity (Wildman–Crippen MR) is 141 cm³/mol. The van der Waals surface area contributed by atoms with Gasteiger partial charge in [-0.05, 0) is 43.9 Å². The Morgan fingerprint density at radius 1 is 1.03 bits per heavy atom. The number of sulfonamides is 1. The van der Waals surface area contributed by atoms with Gasteiger partial charge in [-0.2, -0.15) is 0 Å². The highest BCUT2D eigenvalue weighted by atomic mass is 32.2. The first-order valence-corrected chi connectivity index (χ1v) is 14.5. The molecular formula is C27H35N3O6S. The Balaban J connectivity index is 1.63. The molecule has 0 saturated heterocycles. The smallest absolute Gasteiger partial charge is 0.244 e. The minimum Gasteiger partial charge on any atom is -0.454 e. The number of anilines is 1. The molecule has 1 aliphatic carbocycles. The van der Waals surface area contributed by atoms with Crippen molar-refractivity contribution in [2.75, 3.05) is 23.4 Å². The lowest BCUT2D eigenvalue weighted by atomic mass is 10.1. The van der Waals surface area contributed by atoms with E-state index in [9.17, 15) is 18.0 Å². The Bertz CT molecular complexity index is 1200. The summed E-state index contributed by atoms with van der Waals surface area (Å²) in [5, 5.41) is 3.11. The number of benzene rings is 2. The van der Waals surface area contributed by atoms with Crippen molar-refractivity contribution in [1.82, 2.24) is 10.2 Å². The molecule has 1 heterocycles. The molecule has 2 aromatic rings. The van der Waals surface area contributed by atoms with Crippen LogP contribution in [0.15, 0.2) is 48.5 Å². The summed E-state index contributed by atoms with van der Waals surface area (Å²) in [6, 6.07) is 13.6. The third-order valence-corrected chi connectivity index (χ3v) is 8.65. The van der Waals surface area contributed by atoms with Crippen molar-refractivity contribution in [3.8, 4) is 11.5 Å². The maximum Gasteiger partial charge on any atom is 0.244 e. The van der Waals surface area contributed by atoms with Crippen molar-refractivity contribution >= 4 is 27.5 Å². The SMILES string of the molecule is CCC(C(=O)NC1CCCC1)N(Cc1ccccc1)C(=O)CN(c1ccc2c(c1)OCO2)S(=O)(=O)CC. The molecule has 1 aliphatic heterocycles. The van der Waals surface area contributed by atoms with E-state index in [4.69, 9.17) is 9.47 Å². The van der Waals surface area contributed by atoms with Gasteiger partial charge in [0, 0.05) is 18.7 Å². The molecule has 0 aromatic heterocycles. The molecule has 0 spiro atoms. The Morgan fingerprint density at radius 2 is 1.73 bits per heavy atom. The Kier molecular flexibility index (Phi) is 8.58. The molecule has 0 radical (unpaired) electrons. The number of ether oxygens (including phenoxy) is 2. The van der Waals surface area contributed by atoms with E-state index in [-0.39, 0.29) is 31.0 Å². The van der Waals surface area contributed by atoms with Crippen LogP contribution in [0, 0.1) is 0 Å². The minimum atomic E-state index is -3.81. The van der Waals surface area contributed by atoms with Crippen LogP contribution in [0.3, 0.4) is 0 Å². The lowest BCUT2D eigenvalue weighted by Gasteiger charge is -2.33. The summed E-state index contributed by atoms with van der Waals surface area (Å²) in [6.07, 6.45) is 4.42. The standard InChI is InChI=1S/C27H35N3O6S/c1-3-23(27(32)28-21-12-8-9-13-21)29(17-20-10-6-5-7-11-20)26(31)18-30(37(33,34)4-2)22-14-15-24-25(16-22)36-19-35-24/h5-7,10-11,14-16,21,23H,3-4,8-9,12-13,17-19H2,1-2H3,(H,28,32). The number of carbonyl (C=O) groups excluding carboxylic acids is 2. The molecule has 10 heteroatoms. The van der Waals surface area contributed by atoms with E-state index in [1.807, 2.05) is 37.3 Å². The summed E-state index contributed by atoms with van der Waals surface area (Å²) in [7, 11) is -3.81. The summed E-state index contributed by atoms with van der Waals surface area (Å²) >= 11 is 0. The van der Waals surface area contributed by atoms with Crippen LogP contribution in [-0.2, 0) is 26.2 Å². The fourth-order valence-electron chi connectivity index (χ4n) is 4.83. The lowest BCUT2D eigenvalue weighted by Crippen LogP contribution is -2.53. The molecule has 1 fully saturated rings. The first kappa shape index (κ1) is 26.8. The van der Waals surface area contributed by atoms with E-state index < -0.39 is 28.5 Å². The van der Waals surface area contributed by atoms with Crippen LogP contribution in [0.25, 0.3) is 0 Å². The highest BCUT2D eigenvalue weighted by Gasteiger charge is 2.34. The molecule has 1 N–H and O–H groups in total. The topological polar surface area (TPSA) is 105 Å². The Morgan fingerprint density at radius 3 is 2.41 bits per heavy atom. The second-order valence-corrected chi connectivity index (χ2v) is 11.5. The maximum atomic E-state index is 13.9. The summed E-state index contributed by atoms with van der Waals surface area (Å²) in [5.41, 5.74) is 1.17. The first-order valence-electron chi connectivity index (χ1n) is 12.9. The van der Waals surface area contributed by atoms with E-state index >= 15 is 0 Å². The van der Waals surface area contributed by atoms with Gasteiger partial charge in [0.1, 0.15) is 12.6 Å². The highest BCUT2D eigenvalue weighted by Crippen LogP contribution is 2.36. The van der Waals surface area contributed by atoms with Gasteiger partial charge < -0.3 is 19.7 Å². The van der Waals surface area contributed by atoms with Crippen LogP contribution in [0.1, 0.15) is 51.5 Å². The minimum absolute atomic E-state index is 0.0530. The van der Waals surface area contributed by atoms with Gasteiger partial charge in [-0.3, -0.25) is 13.9 Å². The molecule has 1 saturated carbocycles. The molecule has 200 valence electrons. The van der Waals surface area contributed by atoms with Crippen LogP contribution in [0.5, 0.6) is 11.5 Å². The van der Waals surface area contributed by atoms with E-state index in [1.54, 1.807) is 18.2 Å². The second-order valence-electron chi connectivity index (χ2n) is 9.37. The van der Waals surface area contributed by atoms with Crippen molar-refractivity contribution in [2.45, 2.75) is 64.6 Å². The quantitative estimate of drug-likeness (QED) is 0.478. The molecular weight excluding hydrogens is 494 g/mol. The Hall–Kier alpha value is -3.27. The summed E-state index contributed by atoms with van der Waals surface area (Å²) < 4.78 is 38.1. The van der Waals surface area contributed by atoms with Gasteiger partial charge in [-0.25, -0.2) is 8.42 Å².